The van der Waals surface area contributed by atoms with E-state index in [-0.39, 0.29) is 24.0 Å². The van der Waals surface area contributed by atoms with Crippen molar-refractivity contribution in [3.8, 4) is 0 Å². The molecular weight excluding hydrogens is 437 g/mol. The van der Waals surface area contributed by atoms with Gasteiger partial charge in [0, 0.05) is 51.0 Å². The van der Waals surface area contributed by atoms with Crippen LogP contribution in [0.3, 0.4) is 0 Å². The minimum Gasteiger partial charge on any atom is -0.356 e. The molecule has 0 aliphatic heterocycles. The number of halogens is 1. The molecule has 0 saturated heterocycles. The molecule has 5 nitrogen and oxygen atoms in total. The second-order valence-corrected chi connectivity index (χ2v) is 6.71. The van der Waals surface area contributed by atoms with E-state index in [9.17, 15) is 0 Å². The number of nitrogens with zero attached hydrogens (tertiary/aromatic N) is 3. The standard InChI is InChI=1S/C20H31N5.HI/c1-3-24(18-9-10-18)16-13-23-20(21-2)22-12-6-14-25-15-11-17-7-4-5-8-19(17)25;/h4-5,7-8,11,15,18H,3,6,9-10,12-14,16H2,1-2H3,(H2,21,22,23);1H. The highest BCUT2D eigenvalue weighted by molar-refractivity contribution is 14.0. The van der Waals surface area contributed by atoms with Crippen LogP contribution in [-0.2, 0) is 6.54 Å². The molecule has 2 N–H and O–H groups in total. The van der Waals surface area contributed by atoms with Crippen molar-refractivity contribution in [1.29, 1.82) is 0 Å². The predicted octanol–water partition coefficient (Wildman–Crippen LogP) is 3.30. The van der Waals surface area contributed by atoms with E-state index < -0.39 is 0 Å². The second-order valence-electron chi connectivity index (χ2n) is 6.71. The third-order valence-corrected chi connectivity index (χ3v) is 4.93. The Morgan fingerprint density at radius 1 is 1.19 bits per heavy atom. The van der Waals surface area contributed by atoms with Gasteiger partial charge in [-0.15, -0.1) is 24.0 Å². The normalized spacial score (nSPS) is 14.5. The number of aromatic nitrogens is 1. The second kappa shape index (κ2) is 10.8. The van der Waals surface area contributed by atoms with Gasteiger partial charge >= 0.3 is 0 Å². The lowest BCUT2D eigenvalue weighted by atomic mass is 10.2. The molecule has 0 atom stereocenters. The van der Waals surface area contributed by atoms with Crippen LogP contribution in [0.25, 0.3) is 10.9 Å². The van der Waals surface area contributed by atoms with Gasteiger partial charge in [-0.2, -0.15) is 0 Å². The van der Waals surface area contributed by atoms with E-state index in [1.165, 1.54) is 23.7 Å². The number of nitrogens with one attached hydrogen (secondary N) is 2. The lowest BCUT2D eigenvalue weighted by Gasteiger charge is -2.20. The van der Waals surface area contributed by atoms with Crippen LogP contribution in [0.2, 0.25) is 0 Å². The first-order valence-electron chi connectivity index (χ1n) is 9.54. The topological polar surface area (TPSA) is 44.6 Å². The number of para-hydroxylation sites is 1. The van der Waals surface area contributed by atoms with Crippen molar-refractivity contribution in [2.24, 2.45) is 4.99 Å². The quantitative estimate of drug-likeness (QED) is 0.257. The van der Waals surface area contributed by atoms with Gasteiger partial charge < -0.3 is 15.2 Å². The molecule has 1 aliphatic rings. The fourth-order valence-electron chi connectivity index (χ4n) is 3.37. The summed E-state index contributed by atoms with van der Waals surface area (Å²) in [6.07, 6.45) is 5.99. The van der Waals surface area contributed by atoms with Crippen LogP contribution in [0, 0.1) is 0 Å². The van der Waals surface area contributed by atoms with Gasteiger partial charge in [0.15, 0.2) is 5.96 Å². The number of hydrogen-bond donors (Lipinski definition) is 2. The first-order valence-corrected chi connectivity index (χ1v) is 9.54. The molecule has 1 aromatic carbocycles. The minimum atomic E-state index is 0. The van der Waals surface area contributed by atoms with Gasteiger partial charge in [-0.1, -0.05) is 25.1 Å². The predicted molar refractivity (Wildman–Crippen MR) is 122 cm³/mol. The van der Waals surface area contributed by atoms with Crippen LogP contribution in [0.1, 0.15) is 26.2 Å². The summed E-state index contributed by atoms with van der Waals surface area (Å²) < 4.78 is 2.32. The number of rotatable bonds is 9. The first-order chi connectivity index (χ1) is 12.3. The molecule has 144 valence electrons. The van der Waals surface area contributed by atoms with Gasteiger partial charge in [-0.25, -0.2) is 0 Å². The molecule has 26 heavy (non-hydrogen) atoms. The fraction of sp³-hybridized carbons (Fsp3) is 0.550. The number of hydrogen-bond acceptors (Lipinski definition) is 2. The van der Waals surface area contributed by atoms with Crippen molar-refractivity contribution < 1.29 is 0 Å². The van der Waals surface area contributed by atoms with Crippen molar-refractivity contribution in [2.75, 3.05) is 33.2 Å². The van der Waals surface area contributed by atoms with Crippen LogP contribution in [0.5, 0.6) is 0 Å². The zero-order valence-corrected chi connectivity index (χ0v) is 18.3. The van der Waals surface area contributed by atoms with Crippen molar-refractivity contribution >= 4 is 40.8 Å². The monoisotopic (exact) mass is 469 g/mol. The third-order valence-electron chi connectivity index (χ3n) is 4.93. The Kier molecular flexibility index (Phi) is 8.71. The lowest BCUT2D eigenvalue weighted by Crippen LogP contribution is -2.42. The molecule has 0 spiro atoms. The SMILES string of the molecule is CCN(CCNC(=NC)NCCCn1ccc2ccccc21)C1CC1.I. The Bertz CT molecular complexity index is 692. The highest BCUT2D eigenvalue weighted by atomic mass is 127. The summed E-state index contributed by atoms with van der Waals surface area (Å²) in [6, 6.07) is 11.6. The molecular formula is C20H32IN5. The highest BCUT2D eigenvalue weighted by Crippen LogP contribution is 2.25. The van der Waals surface area contributed by atoms with Crippen LogP contribution in [0.4, 0.5) is 0 Å². The molecule has 1 aliphatic carbocycles. The average molecular weight is 469 g/mol. The van der Waals surface area contributed by atoms with Gasteiger partial charge in [-0.3, -0.25) is 9.89 Å². The Hall–Kier alpha value is -1.28. The molecule has 2 aromatic rings. The van der Waals surface area contributed by atoms with E-state index in [2.05, 4.69) is 68.5 Å². The molecule has 1 heterocycles. The largest absolute Gasteiger partial charge is 0.356 e. The average Bonchev–Trinajstić information content (AvgIpc) is 3.41. The van der Waals surface area contributed by atoms with Gasteiger partial charge in [0.2, 0.25) is 0 Å². The molecule has 0 amide bonds. The summed E-state index contributed by atoms with van der Waals surface area (Å²) in [5.74, 6) is 0.907. The van der Waals surface area contributed by atoms with Crippen molar-refractivity contribution in [3.05, 3.63) is 36.5 Å². The number of fused-ring (bicyclic) bond motifs is 1. The molecule has 0 bridgehead atoms. The number of likely N-dealkylation sites (N-methyl/N-ethyl adjacent to an activating group) is 1. The fourth-order valence-corrected chi connectivity index (χ4v) is 3.37. The maximum absolute atomic E-state index is 4.32. The molecule has 1 saturated carbocycles. The smallest absolute Gasteiger partial charge is 0.191 e. The Labute approximate surface area is 174 Å². The maximum Gasteiger partial charge on any atom is 0.191 e. The summed E-state index contributed by atoms with van der Waals surface area (Å²) in [6.45, 7) is 7.37. The lowest BCUT2D eigenvalue weighted by molar-refractivity contribution is 0.282. The van der Waals surface area contributed by atoms with Gasteiger partial charge in [0.25, 0.3) is 0 Å². The third kappa shape index (κ3) is 5.87. The minimum absolute atomic E-state index is 0. The van der Waals surface area contributed by atoms with E-state index in [4.69, 9.17) is 0 Å². The van der Waals surface area contributed by atoms with Gasteiger partial charge in [0.05, 0.1) is 0 Å². The molecule has 0 radical (unpaired) electrons. The van der Waals surface area contributed by atoms with Crippen molar-refractivity contribution in [3.63, 3.8) is 0 Å². The zero-order chi connectivity index (χ0) is 17.5. The number of benzene rings is 1. The maximum atomic E-state index is 4.32. The van der Waals surface area contributed by atoms with Crippen LogP contribution >= 0.6 is 24.0 Å². The van der Waals surface area contributed by atoms with E-state index in [1.807, 2.05) is 7.05 Å². The van der Waals surface area contributed by atoms with Crippen LogP contribution in [0.15, 0.2) is 41.5 Å². The summed E-state index contributed by atoms with van der Waals surface area (Å²) in [4.78, 5) is 6.88. The summed E-state index contributed by atoms with van der Waals surface area (Å²) in [7, 11) is 1.84. The molecule has 1 aromatic heterocycles. The van der Waals surface area contributed by atoms with Crippen molar-refractivity contribution in [1.82, 2.24) is 20.1 Å². The number of aliphatic imine (C=N–C) groups is 1. The molecule has 6 heteroatoms. The van der Waals surface area contributed by atoms with E-state index in [1.54, 1.807) is 0 Å². The summed E-state index contributed by atoms with van der Waals surface area (Å²) >= 11 is 0. The summed E-state index contributed by atoms with van der Waals surface area (Å²) in [5.41, 5.74) is 1.31. The van der Waals surface area contributed by atoms with Crippen LogP contribution < -0.4 is 10.6 Å². The molecule has 0 unspecified atom stereocenters. The zero-order valence-electron chi connectivity index (χ0n) is 15.9. The van der Waals surface area contributed by atoms with E-state index in [0.717, 1.165) is 51.1 Å². The Balaban J connectivity index is 0.00000243. The molecule has 1 fully saturated rings. The Morgan fingerprint density at radius 2 is 1.96 bits per heavy atom. The van der Waals surface area contributed by atoms with Crippen molar-refractivity contribution in [2.45, 2.75) is 38.8 Å². The molecule has 3 rings (SSSR count). The van der Waals surface area contributed by atoms with Gasteiger partial charge in [-0.05, 0) is 43.3 Å². The number of aryl methyl sites for hydroxylation is 1. The van der Waals surface area contributed by atoms with Gasteiger partial charge in [0.1, 0.15) is 0 Å². The van der Waals surface area contributed by atoms with E-state index >= 15 is 0 Å². The number of guanidine groups is 1. The van der Waals surface area contributed by atoms with Crippen LogP contribution in [-0.4, -0.2) is 54.7 Å². The van der Waals surface area contributed by atoms with E-state index in [0.29, 0.717) is 0 Å². The summed E-state index contributed by atoms with van der Waals surface area (Å²) in [5, 5.41) is 8.16. The first kappa shape index (κ1) is 21.0. The Morgan fingerprint density at radius 3 is 2.69 bits per heavy atom. The highest BCUT2D eigenvalue weighted by Gasteiger charge is 2.27.